The van der Waals surface area contributed by atoms with Gasteiger partial charge in [-0.25, -0.2) is 4.98 Å². The van der Waals surface area contributed by atoms with E-state index >= 15 is 0 Å². The van der Waals surface area contributed by atoms with Gasteiger partial charge < -0.3 is 16.0 Å². The second-order valence-electron chi connectivity index (χ2n) is 4.56. The van der Waals surface area contributed by atoms with Crippen molar-refractivity contribution in [3.8, 4) is 0 Å². The van der Waals surface area contributed by atoms with Crippen molar-refractivity contribution in [1.82, 2.24) is 14.9 Å². The average molecular weight is 280 g/mol. The van der Waals surface area contributed by atoms with Crippen molar-refractivity contribution in [2.24, 2.45) is 0 Å². The number of hydrogen-bond acceptors (Lipinski definition) is 7. The fraction of sp³-hybridized carbons (Fsp3) is 0.545. The summed E-state index contributed by atoms with van der Waals surface area (Å²) in [7, 11) is 0. The lowest BCUT2D eigenvalue weighted by Gasteiger charge is -2.15. The van der Waals surface area contributed by atoms with E-state index in [0.29, 0.717) is 0 Å². The van der Waals surface area contributed by atoms with Crippen LogP contribution in [0.25, 0.3) is 0 Å². The van der Waals surface area contributed by atoms with Crippen LogP contribution in [0.3, 0.4) is 0 Å². The van der Waals surface area contributed by atoms with Gasteiger partial charge in [-0.1, -0.05) is 0 Å². The molecule has 20 heavy (non-hydrogen) atoms. The molecular formula is C11H16N6O3. The van der Waals surface area contributed by atoms with Crippen molar-refractivity contribution < 1.29 is 9.72 Å². The van der Waals surface area contributed by atoms with Gasteiger partial charge >= 0.3 is 5.69 Å². The van der Waals surface area contributed by atoms with E-state index in [1.807, 2.05) is 0 Å². The van der Waals surface area contributed by atoms with Crippen LogP contribution in [0.1, 0.15) is 18.5 Å². The third-order valence-corrected chi connectivity index (χ3v) is 3.12. The number of aromatic nitrogens is 2. The lowest BCUT2D eigenvalue weighted by atomic mass is 10.3. The van der Waals surface area contributed by atoms with Gasteiger partial charge in [0, 0.05) is 13.1 Å². The van der Waals surface area contributed by atoms with E-state index in [-0.39, 0.29) is 35.6 Å². The number of nitrogens with one attached hydrogen (secondary N) is 1. The Morgan fingerprint density at radius 3 is 2.70 bits per heavy atom. The molecule has 0 bridgehead atoms. The maximum Gasteiger partial charge on any atom is 0.332 e. The molecule has 108 valence electrons. The van der Waals surface area contributed by atoms with Crippen molar-refractivity contribution in [2.75, 3.05) is 30.7 Å². The van der Waals surface area contributed by atoms with Crippen molar-refractivity contribution in [2.45, 2.75) is 19.8 Å². The Bertz CT molecular complexity index is 541. The molecule has 1 aliphatic rings. The molecule has 0 saturated carbocycles. The number of likely N-dealkylation sites (tertiary alicyclic amines) is 1. The molecule has 0 spiro atoms. The predicted molar refractivity (Wildman–Crippen MR) is 72.1 cm³/mol. The molecule has 1 saturated heterocycles. The first-order valence-electron chi connectivity index (χ1n) is 6.29. The number of nitrogens with two attached hydrogens (primary N) is 1. The fourth-order valence-electron chi connectivity index (χ4n) is 2.17. The van der Waals surface area contributed by atoms with Gasteiger partial charge in [-0.05, 0) is 19.8 Å². The normalized spacial score (nSPS) is 14.3. The summed E-state index contributed by atoms with van der Waals surface area (Å²) in [6, 6.07) is 0. The van der Waals surface area contributed by atoms with E-state index in [2.05, 4.69) is 15.3 Å². The van der Waals surface area contributed by atoms with E-state index in [1.165, 1.54) is 6.92 Å². The Morgan fingerprint density at radius 2 is 2.10 bits per heavy atom. The Labute approximate surface area is 115 Å². The number of hydrogen-bond donors (Lipinski definition) is 2. The van der Waals surface area contributed by atoms with Crippen molar-refractivity contribution >= 4 is 23.4 Å². The maximum atomic E-state index is 11.9. The Kier molecular flexibility index (Phi) is 3.97. The lowest BCUT2D eigenvalue weighted by molar-refractivity contribution is -0.385. The number of nitrogen functional groups attached to an aromatic ring is 1. The molecule has 0 aliphatic carbocycles. The third kappa shape index (κ3) is 2.92. The van der Waals surface area contributed by atoms with Gasteiger partial charge in [-0.3, -0.25) is 14.9 Å². The standard InChI is InChI=1S/C11H16N6O3/c1-7-9(17(19)20)10(15-11(12)14-7)13-6-8(18)16-4-2-3-5-16/h2-6H2,1H3,(H3,12,13,14,15). The highest BCUT2D eigenvalue weighted by Gasteiger charge is 2.23. The maximum absolute atomic E-state index is 11.9. The van der Waals surface area contributed by atoms with Crippen molar-refractivity contribution in [3.05, 3.63) is 15.8 Å². The first-order valence-corrected chi connectivity index (χ1v) is 6.29. The number of rotatable bonds is 4. The molecule has 1 aliphatic heterocycles. The van der Waals surface area contributed by atoms with Gasteiger partial charge in [0.25, 0.3) is 0 Å². The first kappa shape index (κ1) is 14.0. The molecule has 1 aromatic heterocycles. The minimum atomic E-state index is -0.586. The lowest BCUT2D eigenvalue weighted by Crippen LogP contribution is -2.33. The quantitative estimate of drug-likeness (QED) is 0.600. The summed E-state index contributed by atoms with van der Waals surface area (Å²) in [6.45, 7) is 2.89. The number of nitrogens with zero attached hydrogens (tertiary/aromatic N) is 4. The van der Waals surface area contributed by atoms with Crippen LogP contribution in [0.2, 0.25) is 0 Å². The van der Waals surface area contributed by atoms with Crippen LogP contribution in [0, 0.1) is 17.0 Å². The number of carbonyl (C=O) groups is 1. The number of anilines is 2. The molecule has 2 heterocycles. The molecule has 1 fully saturated rings. The molecule has 3 N–H and O–H groups in total. The predicted octanol–water partition coefficient (Wildman–Crippen LogP) is 0.310. The molecule has 9 heteroatoms. The second-order valence-corrected chi connectivity index (χ2v) is 4.56. The molecule has 0 radical (unpaired) electrons. The number of amides is 1. The van der Waals surface area contributed by atoms with E-state index in [0.717, 1.165) is 25.9 Å². The van der Waals surface area contributed by atoms with Crippen LogP contribution in [0.4, 0.5) is 17.5 Å². The van der Waals surface area contributed by atoms with Crippen LogP contribution in [-0.4, -0.2) is 45.3 Å². The molecular weight excluding hydrogens is 264 g/mol. The Morgan fingerprint density at radius 1 is 1.45 bits per heavy atom. The van der Waals surface area contributed by atoms with Crippen LogP contribution < -0.4 is 11.1 Å². The Balaban J connectivity index is 2.12. The smallest absolute Gasteiger partial charge is 0.332 e. The monoisotopic (exact) mass is 280 g/mol. The molecule has 0 aromatic carbocycles. The van der Waals surface area contributed by atoms with Crippen LogP contribution in [0.15, 0.2) is 0 Å². The van der Waals surface area contributed by atoms with E-state index in [4.69, 9.17) is 5.73 Å². The van der Waals surface area contributed by atoms with Gasteiger partial charge in [0.05, 0.1) is 11.5 Å². The van der Waals surface area contributed by atoms with E-state index < -0.39 is 4.92 Å². The van der Waals surface area contributed by atoms with Crippen LogP contribution >= 0.6 is 0 Å². The zero-order valence-electron chi connectivity index (χ0n) is 11.1. The minimum absolute atomic E-state index is 0.0208. The van der Waals surface area contributed by atoms with Gasteiger partial charge in [0.1, 0.15) is 5.69 Å². The summed E-state index contributed by atoms with van der Waals surface area (Å²) >= 11 is 0. The number of carbonyl (C=O) groups excluding carboxylic acids is 1. The summed E-state index contributed by atoms with van der Waals surface area (Å²) in [6.07, 6.45) is 1.98. The van der Waals surface area contributed by atoms with Gasteiger partial charge in [-0.15, -0.1) is 0 Å². The molecule has 0 atom stereocenters. The summed E-state index contributed by atoms with van der Waals surface area (Å²) in [5, 5.41) is 13.7. The zero-order chi connectivity index (χ0) is 14.7. The first-order chi connectivity index (χ1) is 9.49. The Hall–Kier alpha value is -2.45. The molecule has 2 rings (SSSR count). The highest BCUT2D eigenvalue weighted by atomic mass is 16.6. The SMILES string of the molecule is Cc1nc(N)nc(NCC(=O)N2CCCC2)c1[N+](=O)[O-]. The number of aryl methyl sites for hydroxylation is 1. The average Bonchev–Trinajstić information content (AvgIpc) is 2.88. The molecule has 1 amide bonds. The molecule has 9 nitrogen and oxygen atoms in total. The largest absolute Gasteiger partial charge is 0.368 e. The molecule has 1 aromatic rings. The van der Waals surface area contributed by atoms with Crippen LogP contribution in [0.5, 0.6) is 0 Å². The zero-order valence-corrected chi connectivity index (χ0v) is 11.1. The number of nitro groups is 1. The summed E-state index contributed by atoms with van der Waals surface area (Å²) < 4.78 is 0. The van der Waals surface area contributed by atoms with E-state index in [1.54, 1.807) is 4.90 Å². The summed E-state index contributed by atoms with van der Waals surface area (Å²) in [5.41, 5.74) is 5.39. The van der Waals surface area contributed by atoms with Crippen molar-refractivity contribution in [1.29, 1.82) is 0 Å². The van der Waals surface area contributed by atoms with Crippen LogP contribution in [-0.2, 0) is 4.79 Å². The second kappa shape index (κ2) is 5.68. The third-order valence-electron chi connectivity index (χ3n) is 3.12. The minimum Gasteiger partial charge on any atom is -0.368 e. The van der Waals surface area contributed by atoms with Gasteiger partial charge in [-0.2, -0.15) is 4.98 Å². The van der Waals surface area contributed by atoms with Gasteiger partial charge in [0.15, 0.2) is 0 Å². The highest BCUT2D eigenvalue weighted by Crippen LogP contribution is 2.25. The van der Waals surface area contributed by atoms with Crippen molar-refractivity contribution in [3.63, 3.8) is 0 Å². The van der Waals surface area contributed by atoms with Gasteiger partial charge in [0.2, 0.25) is 17.7 Å². The highest BCUT2D eigenvalue weighted by molar-refractivity contribution is 5.81. The summed E-state index contributed by atoms with van der Waals surface area (Å²) in [5.74, 6) is -0.191. The summed E-state index contributed by atoms with van der Waals surface area (Å²) in [4.78, 5) is 31.6. The topological polar surface area (TPSA) is 127 Å². The fourth-order valence-corrected chi connectivity index (χ4v) is 2.17. The van der Waals surface area contributed by atoms with E-state index in [9.17, 15) is 14.9 Å². The molecule has 0 unspecified atom stereocenters.